The summed E-state index contributed by atoms with van der Waals surface area (Å²) < 4.78 is 12.8. The molecule has 110 valence electrons. The van der Waals surface area contributed by atoms with Crippen molar-refractivity contribution in [1.82, 2.24) is 10.6 Å². The maximum absolute atomic E-state index is 12.8. The van der Waals surface area contributed by atoms with Crippen LogP contribution in [0.15, 0.2) is 24.3 Å². The van der Waals surface area contributed by atoms with Crippen molar-refractivity contribution in [3.63, 3.8) is 0 Å². The minimum Gasteiger partial charge on any atom is -0.355 e. The standard InChI is InChI=1S/C16H23FN2O/c1-11(2)16(20)19-8-7-18-15-9-13(10-15)12-3-5-14(17)6-4-12/h3-6,11,13,15,18H,7-10H2,1-2H3,(H,19,20). The lowest BCUT2D eigenvalue weighted by atomic mass is 9.76. The molecule has 1 aliphatic rings. The highest BCUT2D eigenvalue weighted by Crippen LogP contribution is 2.36. The molecule has 0 atom stereocenters. The first-order chi connectivity index (χ1) is 9.56. The number of carbonyl (C=O) groups excluding carboxylic acids is 1. The Hall–Kier alpha value is -1.42. The van der Waals surface area contributed by atoms with Crippen molar-refractivity contribution in [2.45, 2.75) is 38.6 Å². The summed E-state index contributed by atoms with van der Waals surface area (Å²) in [5.41, 5.74) is 1.22. The summed E-state index contributed by atoms with van der Waals surface area (Å²) in [6.45, 7) is 5.26. The first kappa shape index (κ1) is 15.0. The first-order valence-electron chi connectivity index (χ1n) is 7.33. The molecular weight excluding hydrogens is 255 g/mol. The van der Waals surface area contributed by atoms with Crippen LogP contribution in [-0.4, -0.2) is 25.0 Å². The number of nitrogens with one attached hydrogen (secondary N) is 2. The van der Waals surface area contributed by atoms with Crippen molar-refractivity contribution in [2.24, 2.45) is 5.92 Å². The van der Waals surface area contributed by atoms with Crippen LogP contribution < -0.4 is 10.6 Å². The molecule has 1 saturated carbocycles. The van der Waals surface area contributed by atoms with Crippen LogP contribution >= 0.6 is 0 Å². The Morgan fingerprint density at radius 1 is 1.25 bits per heavy atom. The topological polar surface area (TPSA) is 41.1 Å². The van der Waals surface area contributed by atoms with Crippen molar-refractivity contribution in [1.29, 1.82) is 0 Å². The molecule has 3 nitrogen and oxygen atoms in total. The average Bonchev–Trinajstić information content (AvgIpc) is 2.37. The van der Waals surface area contributed by atoms with Crippen LogP contribution in [0.2, 0.25) is 0 Å². The van der Waals surface area contributed by atoms with Gasteiger partial charge in [0.05, 0.1) is 0 Å². The van der Waals surface area contributed by atoms with Gasteiger partial charge in [-0.25, -0.2) is 4.39 Å². The van der Waals surface area contributed by atoms with Crippen LogP contribution in [0.25, 0.3) is 0 Å². The van der Waals surface area contributed by atoms with Gasteiger partial charge in [-0.2, -0.15) is 0 Å². The van der Waals surface area contributed by atoms with Gasteiger partial charge in [0.25, 0.3) is 0 Å². The molecule has 1 amide bonds. The normalized spacial score (nSPS) is 21.6. The molecule has 1 aromatic rings. The number of rotatable bonds is 6. The van der Waals surface area contributed by atoms with E-state index >= 15 is 0 Å². The second-order valence-corrected chi connectivity index (χ2v) is 5.82. The highest BCUT2D eigenvalue weighted by molar-refractivity contribution is 5.77. The van der Waals surface area contributed by atoms with Crippen LogP contribution in [0, 0.1) is 11.7 Å². The molecule has 0 spiro atoms. The minimum absolute atomic E-state index is 0.0431. The molecule has 0 unspecified atom stereocenters. The zero-order valence-electron chi connectivity index (χ0n) is 12.2. The maximum Gasteiger partial charge on any atom is 0.222 e. The monoisotopic (exact) mass is 278 g/mol. The van der Waals surface area contributed by atoms with Crippen molar-refractivity contribution in [2.75, 3.05) is 13.1 Å². The van der Waals surface area contributed by atoms with Gasteiger partial charge in [-0.1, -0.05) is 26.0 Å². The third-order valence-corrected chi connectivity index (χ3v) is 3.86. The smallest absolute Gasteiger partial charge is 0.222 e. The van der Waals surface area contributed by atoms with E-state index in [1.807, 2.05) is 26.0 Å². The largest absolute Gasteiger partial charge is 0.355 e. The van der Waals surface area contributed by atoms with E-state index in [1.54, 1.807) is 0 Å². The summed E-state index contributed by atoms with van der Waals surface area (Å²) in [6.07, 6.45) is 2.17. The van der Waals surface area contributed by atoms with Gasteiger partial charge >= 0.3 is 0 Å². The van der Waals surface area contributed by atoms with E-state index in [0.29, 0.717) is 18.5 Å². The lowest BCUT2D eigenvalue weighted by molar-refractivity contribution is -0.123. The molecule has 0 heterocycles. The van der Waals surface area contributed by atoms with Gasteiger partial charge in [-0.15, -0.1) is 0 Å². The molecule has 0 aliphatic heterocycles. The molecule has 2 rings (SSSR count). The second-order valence-electron chi connectivity index (χ2n) is 5.82. The van der Waals surface area contributed by atoms with Crippen LogP contribution in [-0.2, 0) is 4.79 Å². The lowest BCUT2D eigenvalue weighted by Crippen LogP contribution is -2.43. The molecule has 0 aromatic heterocycles. The predicted molar refractivity (Wildman–Crippen MR) is 78.0 cm³/mol. The maximum atomic E-state index is 12.8. The number of amides is 1. The van der Waals surface area contributed by atoms with Crippen molar-refractivity contribution in [3.05, 3.63) is 35.6 Å². The van der Waals surface area contributed by atoms with Gasteiger partial charge in [0, 0.05) is 25.0 Å². The third kappa shape index (κ3) is 4.04. The zero-order chi connectivity index (χ0) is 14.5. The third-order valence-electron chi connectivity index (χ3n) is 3.86. The Balaban J connectivity index is 1.60. The van der Waals surface area contributed by atoms with Crippen LogP contribution in [0.5, 0.6) is 0 Å². The van der Waals surface area contributed by atoms with Gasteiger partial charge in [0.2, 0.25) is 5.91 Å². The van der Waals surface area contributed by atoms with Gasteiger partial charge in [0.15, 0.2) is 0 Å². The second kappa shape index (κ2) is 6.84. The molecule has 1 aromatic carbocycles. The highest BCUT2D eigenvalue weighted by Gasteiger charge is 2.29. The van der Waals surface area contributed by atoms with E-state index in [-0.39, 0.29) is 17.6 Å². The summed E-state index contributed by atoms with van der Waals surface area (Å²) >= 11 is 0. The van der Waals surface area contributed by atoms with Crippen molar-refractivity contribution in [3.8, 4) is 0 Å². The van der Waals surface area contributed by atoms with Gasteiger partial charge < -0.3 is 10.6 Å². The lowest BCUT2D eigenvalue weighted by Gasteiger charge is -2.36. The minimum atomic E-state index is -0.177. The number of hydrogen-bond acceptors (Lipinski definition) is 2. The van der Waals surface area contributed by atoms with E-state index < -0.39 is 0 Å². The van der Waals surface area contributed by atoms with Crippen molar-refractivity contribution >= 4 is 5.91 Å². The van der Waals surface area contributed by atoms with Crippen molar-refractivity contribution < 1.29 is 9.18 Å². The Morgan fingerprint density at radius 3 is 2.50 bits per heavy atom. The number of hydrogen-bond donors (Lipinski definition) is 2. The Bertz CT molecular complexity index is 438. The molecule has 20 heavy (non-hydrogen) atoms. The molecule has 0 saturated heterocycles. The molecule has 4 heteroatoms. The SMILES string of the molecule is CC(C)C(=O)NCCNC1CC(c2ccc(F)cc2)C1. The average molecular weight is 278 g/mol. The Kier molecular flexibility index (Phi) is 5.12. The van der Waals surface area contributed by atoms with E-state index in [1.165, 1.54) is 17.7 Å². The zero-order valence-corrected chi connectivity index (χ0v) is 12.2. The molecule has 0 bridgehead atoms. The van der Waals surface area contributed by atoms with Gasteiger partial charge in [-0.05, 0) is 36.5 Å². The molecule has 0 radical (unpaired) electrons. The summed E-state index contributed by atoms with van der Waals surface area (Å²) in [7, 11) is 0. The fourth-order valence-electron chi connectivity index (χ4n) is 2.46. The van der Waals surface area contributed by atoms with E-state index in [2.05, 4.69) is 10.6 Å². The number of halogens is 1. The van der Waals surface area contributed by atoms with E-state index in [9.17, 15) is 9.18 Å². The molecular formula is C16H23FN2O. The summed E-state index contributed by atoms with van der Waals surface area (Å²) in [5, 5.41) is 6.33. The van der Waals surface area contributed by atoms with Gasteiger partial charge in [0.1, 0.15) is 5.82 Å². The fraction of sp³-hybridized carbons (Fsp3) is 0.562. The highest BCUT2D eigenvalue weighted by atomic mass is 19.1. The fourth-order valence-corrected chi connectivity index (χ4v) is 2.46. The van der Waals surface area contributed by atoms with E-state index in [4.69, 9.17) is 0 Å². The Morgan fingerprint density at radius 2 is 1.90 bits per heavy atom. The number of carbonyl (C=O) groups is 1. The molecule has 1 aliphatic carbocycles. The summed E-state index contributed by atoms with van der Waals surface area (Å²) in [6, 6.07) is 7.31. The molecule has 1 fully saturated rings. The Labute approximate surface area is 120 Å². The summed E-state index contributed by atoms with van der Waals surface area (Å²) in [4.78, 5) is 11.4. The molecule has 2 N–H and O–H groups in total. The predicted octanol–water partition coefficient (Wildman–Crippen LogP) is 2.43. The van der Waals surface area contributed by atoms with E-state index in [0.717, 1.165) is 19.4 Å². The van der Waals surface area contributed by atoms with Crippen LogP contribution in [0.1, 0.15) is 38.2 Å². The first-order valence-corrected chi connectivity index (χ1v) is 7.33. The summed E-state index contributed by atoms with van der Waals surface area (Å²) in [5.74, 6) is 0.508. The number of benzene rings is 1. The van der Waals surface area contributed by atoms with Crippen LogP contribution in [0.4, 0.5) is 4.39 Å². The van der Waals surface area contributed by atoms with Gasteiger partial charge in [-0.3, -0.25) is 4.79 Å². The van der Waals surface area contributed by atoms with Crippen LogP contribution in [0.3, 0.4) is 0 Å². The quantitative estimate of drug-likeness (QED) is 0.785.